The number of aromatic nitrogens is 1. The Hall–Kier alpha value is -2.84. The van der Waals surface area contributed by atoms with Crippen LogP contribution in [-0.4, -0.2) is 53.8 Å². The highest BCUT2D eigenvalue weighted by atomic mass is 32.1. The molecule has 138 valence electrons. The van der Waals surface area contributed by atoms with Gasteiger partial charge in [-0.3, -0.25) is 19.3 Å². The molecule has 3 heterocycles. The van der Waals surface area contributed by atoms with E-state index in [2.05, 4.69) is 4.98 Å². The Morgan fingerprint density at radius 2 is 1.96 bits per heavy atom. The van der Waals surface area contributed by atoms with E-state index in [1.165, 1.54) is 29.4 Å². The van der Waals surface area contributed by atoms with E-state index >= 15 is 0 Å². The van der Waals surface area contributed by atoms with Crippen LogP contribution < -0.4 is 4.90 Å². The minimum absolute atomic E-state index is 0.0927. The molecule has 0 bridgehead atoms. The average Bonchev–Trinajstić information content (AvgIpc) is 3.26. The Morgan fingerprint density at radius 3 is 2.70 bits per heavy atom. The van der Waals surface area contributed by atoms with Gasteiger partial charge < -0.3 is 9.64 Å². The summed E-state index contributed by atoms with van der Waals surface area (Å²) in [5, 5.41) is 0.508. The number of allylic oxidation sites excluding steroid dienone is 1. The van der Waals surface area contributed by atoms with E-state index in [0.29, 0.717) is 47.4 Å². The summed E-state index contributed by atoms with van der Waals surface area (Å²) in [6.07, 6.45) is 3.09. The molecule has 0 saturated carbocycles. The van der Waals surface area contributed by atoms with E-state index in [1.54, 1.807) is 35.2 Å². The third-order valence-corrected chi connectivity index (χ3v) is 5.40. The standard InChI is InChI=1S/C19H17N3O4S/c1-12(23)22-14-5-3-2-4-13(14)18(24)15(22)10-17-20-11-16(27-17)19(25)21-6-8-26-9-7-21/h2-5,10-11H,6-9H2,1H3/b15-10-. The van der Waals surface area contributed by atoms with Crippen LogP contribution in [0.3, 0.4) is 0 Å². The smallest absolute Gasteiger partial charge is 0.265 e. The fourth-order valence-corrected chi connectivity index (χ4v) is 4.01. The Bertz CT molecular complexity index is 959. The van der Waals surface area contributed by atoms with Crippen molar-refractivity contribution in [3.05, 3.63) is 51.6 Å². The summed E-state index contributed by atoms with van der Waals surface area (Å²) < 4.78 is 5.27. The van der Waals surface area contributed by atoms with Gasteiger partial charge in [-0.1, -0.05) is 12.1 Å². The second kappa shape index (κ2) is 7.05. The molecule has 4 rings (SSSR count). The van der Waals surface area contributed by atoms with Crippen molar-refractivity contribution in [2.24, 2.45) is 0 Å². The second-order valence-corrected chi connectivity index (χ2v) is 7.26. The molecule has 1 saturated heterocycles. The molecule has 8 heteroatoms. The molecule has 27 heavy (non-hydrogen) atoms. The number of morpholine rings is 1. The van der Waals surface area contributed by atoms with Crippen molar-refractivity contribution in [2.75, 3.05) is 31.2 Å². The summed E-state index contributed by atoms with van der Waals surface area (Å²) in [6.45, 7) is 3.58. The predicted octanol–water partition coefficient (Wildman–Crippen LogP) is 2.21. The van der Waals surface area contributed by atoms with Crippen LogP contribution >= 0.6 is 11.3 Å². The van der Waals surface area contributed by atoms with Crippen molar-refractivity contribution in [3.63, 3.8) is 0 Å². The number of carbonyl (C=O) groups is 3. The van der Waals surface area contributed by atoms with Gasteiger partial charge in [-0.2, -0.15) is 0 Å². The molecular weight excluding hydrogens is 366 g/mol. The molecule has 1 aromatic carbocycles. The first kappa shape index (κ1) is 17.6. The Kier molecular flexibility index (Phi) is 4.59. The van der Waals surface area contributed by atoms with Crippen LogP contribution in [0, 0.1) is 0 Å². The lowest BCUT2D eigenvalue weighted by atomic mass is 10.1. The number of ether oxygens (including phenoxy) is 1. The normalized spacial score (nSPS) is 18.1. The van der Waals surface area contributed by atoms with Crippen molar-refractivity contribution < 1.29 is 19.1 Å². The highest BCUT2D eigenvalue weighted by Crippen LogP contribution is 2.35. The topological polar surface area (TPSA) is 79.8 Å². The maximum absolute atomic E-state index is 12.7. The number of Topliss-reactive ketones (excluding diaryl/α,β-unsaturated/α-hetero) is 1. The number of rotatable bonds is 2. The van der Waals surface area contributed by atoms with Gasteiger partial charge in [-0.25, -0.2) is 4.98 Å². The lowest BCUT2D eigenvalue weighted by molar-refractivity contribution is -0.116. The van der Waals surface area contributed by atoms with Crippen LogP contribution in [0.4, 0.5) is 5.69 Å². The Labute approximate surface area is 159 Å². The first-order valence-corrected chi connectivity index (χ1v) is 9.37. The van der Waals surface area contributed by atoms with Gasteiger partial charge in [0.25, 0.3) is 5.91 Å². The summed E-state index contributed by atoms with van der Waals surface area (Å²) in [6, 6.07) is 6.99. The summed E-state index contributed by atoms with van der Waals surface area (Å²) in [5.74, 6) is -0.567. The lowest BCUT2D eigenvalue weighted by Crippen LogP contribution is -2.40. The third-order valence-electron chi connectivity index (χ3n) is 4.47. The van der Waals surface area contributed by atoms with Crippen molar-refractivity contribution in [1.82, 2.24) is 9.88 Å². The summed E-state index contributed by atoms with van der Waals surface area (Å²) >= 11 is 1.21. The Morgan fingerprint density at radius 1 is 1.22 bits per heavy atom. The second-order valence-electron chi connectivity index (χ2n) is 6.20. The molecule has 0 N–H and O–H groups in total. The maximum Gasteiger partial charge on any atom is 0.265 e. The molecule has 0 spiro atoms. The van der Waals surface area contributed by atoms with Gasteiger partial charge in [0, 0.05) is 31.7 Å². The van der Waals surface area contributed by atoms with Gasteiger partial charge >= 0.3 is 0 Å². The molecule has 2 amide bonds. The number of thiazole rings is 1. The summed E-state index contributed by atoms with van der Waals surface area (Å²) in [5.41, 5.74) is 1.31. The third kappa shape index (κ3) is 3.17. The van der Waals surface area contributed by atoms with Crippen molar-refractivity contribution >= 4 is 40.7 Å². The molecule has 1 aromatic heterocycles. The van der Waals surface area contributed by atoms with Crippen LogP contribution in [0.5, 0.6) is 0 Å². The fourth-order valence-electron chi connectivity index (χ4n) is 3.19. The highest BCUT2D eigenvalue weighted by molar-refractivity contribution is 7.14. The number of fused-ring (bicyclic) bond motifs is 1. The van der Waals surface area contributed by atoms with E-state index in [0.717, 1.165) is 0 Å². The molecule has 0 aliphatic carbocycles. The predicted molar refractivity (Wildman–Crippen MR) is 101 cm³/mol. The zero-order valence-electron chi connectivity index (χ0n) is 14.7. The number of benzene rings is 1. The fraction of sp³-hybridized carbons (Fsp3) is 0.263. The van der Waals surface area contributed by atoms with E-state index in [4.69, 9.17) is 4.74 Å². The van der Waals surface area contributed by atoms with Gasteiger partial charge in [0.05, 0.1) is 30.8 Å². The van der Waals surface area contributed by atoms with Gasteiger partial charge in [0.15, 0.2) is 0 Å². The first-order chi connectivity index (χ1) is 13.1. The van der Waals surface area contributed by atoms with Crippen LogP contribution in [0.15, 0.2) is 36.2 Å². The minimum Gasteiger partial charge on any atom is -0.378 e. The molecule has 2 aliphatic heterocycles. The monoisotopic (exact) mass is 383 g/mol. The molecule has 1 fully saturated rings. The number of anilines is 1. The number of ketones is 1. The molecule has 0 radical (unpaired) electrons. The molecule has 2 aliphatic rings. The van der Waals surface area contributed by atoms with Crippen LogP contribution in [0.25, 0.3) is 6.08 Å². The van der Waals surface area contributed by atoms with E-state index in [9.17, 15) is 14.4 Å². The molecule has 0 atom stereocenters. The average molecular weight is 383 g/mol. The van der Waals surface area contributed by atoms with Crippen molar-refractivity contribution in [1.29, 1.82) is 0 Å². The maximum atomic E-state index is 12.7. The molecule has 7 nitrogen and oxygen atoms in total. The first-order valence-electron chi connectivity index (χ1n) is 8.55. The number of carbonyl (C=O) groups excluding carboxylic acids is 3. The van der Waals surface area contributed by atoms with Gasteiger partial charge in [-0.15, -0.1) is 11.3 Å². The number of amides is 2. The highest BCUT2D eigenvalue weighted by Gasteiger charge is 2.34. The zero-order valence-corrected chi connectivity index (χ0v) is 15.5. The summed E-state index contributed by atoms with van der Waals surface area (Å²) in [4.78, 5) is 45.3. The van der Waals surface area contributed by atoms with E-state index in [-0.39, 0.29) is 23.3 Å². The van der Waals surface area contributed by atoms with Crippen molar-refractivity contribution in [3.8, 4) is 0 Å². The molecule has 2 aromatic rings. The van der Waals surface area contributed by atoms with E-state index in [1.807, 2.05) is 0 Å². The van der Waals surface area contributed by atoms with Crippen molar-refractivity contribution in [2.45, 2.75) is 6.92 Å². The number of hydrogen-bond acceptors (Lipinski definition) is 6. The van der Waals surface area contributed by atoms with E-state index < -0.39 is 0 Å². The van der Waals surface area contributed by atoms with Gasteiger partial charge in [0.2, 0.25) is 11.7 Å². The Balaban J connectivity index is 1.64. The van der Waals surface area contributed by atoms with Gasteiger partial charge in [-0.05, 0) is 12.1 Å². The number of para-hydroxylation sites is 1. The van der Waals surface area contributed by atoms with Crippen LogP contribution in [0.1, 0.15) is 32.0 Å². The van der Waals surface area contributed by atoms with Gasteiger partial charge in [0.1, 0.15) is 9.88 Å². The van der Waals surface area contributed by atoms with Crippen LogP contribution in [-0.2, 0) is 9.53 Å². The minimum atomic E-state index is -0.249. The quantitative estimate of drug-likeness (QED) is 0.743. The molecular formula is C19H17N3O4S. The lowest BCUT2D eigenvalue weighted by Gasteiger charge is -2.26. The largest absolute Gasteiger partial charge is 0.378 e. The molecule has 0 unspecified atom stereocenters. The SMILES string of the molecule is CC(=O)N1/C(=C\c2ncc(C(=O)N3CCOCC3)s2)C(=O)c2ccccc21. The van der Waals surface area contributed by atoms with Crippen LogP contribution in [0.2, 0.25) is 0 Å². The number of nitrogens with zero attached hydrogens (tertiary/aromatic N) is 3. The number of hydrogen-bond donors (Lipinski definition) is 0. The zero-order chi connectivity index (χ0) is 19.0. The summed E-state index contributed by atoms with van der Waals surface area (Å²) in [7, 11) is 0.